The quantitative estimate of drug-likeness (QED) is 0.595. The van der Waals surface area contributed by atoms with Gasteiger partial charge in [0.25, 0.3) is 0 Å². The van der Waals surface area contributed by atoms with Gasteiger partial charge in [0.05, 0.1) is 13.5 Å². The maximum absolute atomic E-state index is 10.4. The monoisotopic (exact) mass is 228 g/mol. The molecule has 1 rings (SSSR count). The van der Waals surface area contributed by atoms with Gasteiger partial charge in [-0.25, -0.2) is 4.79 Å². The predicted octanol–water partition coefficient (Wildman–Crippen LogP) is 2.53. The predicted molar refractivity (Wildman–Crippen MR) is 61.1 cm³/mol. The fraction of sp³-hybridized carbons (Fsp3) is 0.667. The largest absolute Gasteiger partial charge is 0.478 e. The Balaban J connectivity index is 0.000000315. The van der Waals surface area contributed by atoms with Gasteiger partial charge in [0, 0.05) is 5.57 Å². The number of carboxylic acid groups (broad SMARTS) is 1. The zero-order valence-electron chi connectivity index (χ0n) is 9.83. The van der Waals surface area contributed by atoms with Crippen molar-refractivity contribution in [2.45, 2.75) is 44.9 Å². The number of esters is 1. The van der Waals surface area contributed by atoms with Gasteiger partial charge in [0.1, 0.15) is 0 Å². The van der Waals surface area contributed by atoms with Gasteiger partial charge in [0.15, 0.2) is 0 Å². The number of ether oxygens (including phenoxy) is 1. The fourth-order valence-electron chi connectivity index (χ4n) is 1.38. The van der Waals surface area contributed by atoms with E-state index in [-0.39, 0.29) is 12.0 Å². The SMILES string of the molecule is C1CCCCC1.C=C(CC(=O)OC)C(=O)O. The first-order valence-electron chi connectivity index (χ1n) is 5.55. The van der Waals surface area contributed by atoms with E-state index in [1.54, 1.807) is 0 Å². The Morgan fingerprint density at radius 3 is 1.75 bits per heavy atom. The van der Waals surface area contributed by atoms with Gasteiger partial charge in [-0.15, -0.1) is 0 Å². The van der Waals surface area contributed by atoms with Crippen molar-refractivity contribution in [1.29, 1.82) is 0 Å². The lowest BCUT2D eigenvalue weighted by Crippen LogP contribution is -2.07. The standard InChI is InChI=1S/C6H8O4.C6H12/c1-4(6(8)9)3-5(7)10-2;1-2-4-6-5-3-1/h1,3H2,2H3,(H,8,9);1-6H2. The van der Waals surface area contributed by atoms with Crippen molar-refractivity contribution in [3.05, 3.63) is 12.2 Å². The summed E-state index contributed by atoms with van der Waals surface area (Å²) in [6.45, 7) is 3.14. The van der Waals surface area contributed by atoms with Crippen LogP contribution in [0.25, 0.3) is 0 Å². The highest BCUT2D eigenvalue weighted by molar-refractivity contribution is 5.91. The second kappa shape index (κ2) is 8.95. The molecule has 16 heavy (non-hydrogen) atoms. The number of hydrogen-bond acceptors (Lipinski definition) is 3. The van der Waals surface area contributed by atoms with Gasteiger partial charge in [-0.3, -0.25) is 4.79 Å². The third-order valence-electron chi connectivity index (χ3n) is 2.39. The smallest absolute Gasteiger partial charge is 0.331 e. The van der Waals surface area contributed by atoms with Crippen LogP contribution in [-0.2, 0) is 14.3 Å². The average Bonchev–Trinajstić information content (AvgIpc) is 2.31. The van der Waals surface area contributed by atoms with E-state index in [4.69, 9.17) is 5.11 Å². The zero-order valence-corrected chi connectivity index (χ0v) is 9.83. The van der Waals surface area contributed by atoms with E-state index in [2.05, 4.69) is 11.3 Å². The van der Waals surface area contributed by atoms with Crippen molar-refractivity contribution in [3.63, 3.8) is 0 Å². The lowest BCUT2D eigenvalue weighted by atomic mass is 10.0. The van der Waals surface area contributed by atoms with E-state index < -0.39 is 11.9 Å². The van der Waals surface area contributed by atoms with Crippen LogP contribution >= 0.6 is 0 Å². The molecule has 1 fully saturated rings. The number of aliphatic carboxylic acids is 1. The normalized spacial score (nSPS) is 14.3. The van der Waals surface area contributed by atoms with Gasteiger partial charge in [-0.05, 0) is 0 Å². The van der Waals surface area contributed by atoms with E-state index in [1.165, 1.54) is 45.6 Å². The topological polar surface area (TPSA) is 63.6 Å². The Morgan fingerprint density at radius 1 is 1.12 bits per heavy atom. The molecule has 0 aromatic rings. The molecule has 1 N–H and O–H groups in total. The van der Waals surface area contributed by atoms with Crippen molar-refractivity contribution < 1.29 is 19.4 Å². The molecule has 0 amide bonds. The van der Waals surface area contributed by atoms with Crippen LogP contribution in [0.3, 0.4) is 0 Å². The van der Waals surface area contributed by atoms with Crippen molar-refractivity contribution in [2.24, 2.45) is 0 Å². The van der Waals surface area contributed by atoms with E-state index in [0.717, 1.165) is 0 Å². The molecule has 0 radical (unpaired) electrons. The van der Waals surface area contributed by atoms with Crippen LogP contribution in [0.1, 0.15) is 44.9 Å². The minimum absolute atomic E-state index is 0.160. The van der Waals surface area contributed by atoms with Crippen molar-refractivity contribution >= 4 is 11.9 Å². The van der Waals surface area contributed by atoms with Crippen LogP contribution in [0, 0.1) is 0 Å². The summed E-state index contributed by atoms with van der Waals surface area (Å²) in [4.78, 5) is 20.4. The van der Waals surface area contributed by atoms with Crippen LogP contribution in [0.15, 0.2) is 12.2 Å². The third kappa shape index (κ3) is 8.03. The summed E-state index contributed by atoms with van der Waals surface area (Å²) in [5, 5.41) is 8.22. The average molecular weight is 228 g/mol. The van der Waals surface area contributed by atoms with Crippen molar-refractivity contribution in [2.75, 3.05) is 7.11 Å². The van der Waals surface area contributed by atoms with Crippen molar-refractivity contribution in [1.82, 2.24) is 0 Å². The first kappa shape index (κ1) is 14.7. The molecule has 0 aromatic heterocycles. The van der Waals surface area contributed by atoms with E-state index >= 15 is 0 Å². The van der Waals surface area contributed by atoms with Crippen LogP contribution in [0.2, 0.25) is 0 Å². The number of methoxy groups -OCH3 is 1. The van der Waals surface area contributed by atoms with E-state index in [0.29, 0.717) is 0 Å². The van der Waals surface area contributed by atoms with Gasteiger partial charge in [-0.1, -0.05) is 45.1 Å². The van der Waals surface area contributed by atoms with E-state index in [9.17, 15) is 9.59 Å². The van der Waals surface area contributed by atoms with Crippen LogP contribution in [-0.4, -0.2) is 24.2 Å². The zero-order chi connectivity index (χ0) is 12.4. The number of carboxylic acids is 1. The molecule has 0 bridgehead atoms. The first-order valence-corrected chi connectivity index (χ1v) is 5.55. The highest BCUT2D eigenvalue weighted by atomic mass is 16.5. The van der Waals surface area contributed by atoms with Gasteiger partial charge in [-0.2, -0.15) is 0 Å². The van der Waals surface area contributed by atoms with Crippen LogP contribution in [0.4, 0.5) is 0 Å². The second-order valence-corrected chi connectivity index (χ2v) is 3.78. The summed E-state index contributed by atoms with van der Waals surface area (Å²) >= 11 is 0. The molecule has 1 aliphatic rings. The first-order chi connectivity index (χ1) is 7.57. The maximum atomic E-state index is 10.4. The number of carbonyl (C=O) groups excluding carboxylic acids is 1. The number of rotatable bonds is 3. The molecule has 0 spiro atoms. The molecule has 1 aliphatic carbocycles. The Hall–Kier alpha value is -1.32. The molecule has 92 valence electrons. The van der Waals surface area contributed by atoms with Gasteiger partial charge < -0.3 is 9.84 Å². The summed E-state index contributed by atoms with van der Waals surface area (Å²) in [5.74, 6) is -1.77. The minimum atomic E-state index is -1.18. The summed E-state index contributed by atoms with van der Waals surface area (Å²) in [6, 6.07) is 0. The Bertz CT molecular complexity index is 230. The van der Waals surface area contributed by atoms with Crippen molar-refractivity contribution in [3.8, 4) is 0 Å². The molecular formula is C12H20O4. The number of carbonyl (C=O) groups is 2. The summed E-state index contributed by atoms with van der Waals surface area (Å²) in [6.07, 6.45) is 8.74. The summed E-state index contributed by atoms with van der Waals surface area (Å²) < 4.78 is 4.21. The fourth-order valence-corrected chi connectivity index (χ4v) is 1.38. The second-order valence-electron chi connectivity index (χ2n) is 3.78. The van der Waals surface area contributed by atoms with E-state index in [1.807, 2.05) is 0 Å². The Morgan fingerprint density at radius 2 is 1.50 bits per heavy atom. The molecular weight excluding hydrogens is 208 g/mol. The van der Waals surface area contributed by atoms with Gasteiger partial charge >= 0.3 is 11.9 Å². The molecule has 1 saturated carbocycles. The Kier molecular flexibility index (Phi) is 8.21. The van der Waals surface area contributed by atoms with Gasteiger partial charge in [0.2, 0.25) is 0 Å². The molecule has 0 heterocycles. The molecule has 0 unspecified atom stereocenters. The number of hydrogen-bond donors (Lipinski definition) is 1. The summed E-state index contributed by atoms with van der Waals surface area (Å²) in [5.41, 5.74) is -0.160. The highest BCUT2D eigenvalue weighted by Gasteiger charge is 2.09. The lowest BCUT2D eigenvalue weighted by Gasteiger charge is -2.05. The summed E-state index contributed by atoms with van der Waals surface area (Å²) in [7, 11) is 1.19. The Labute approximate surface area is 96.3 Å². The highest BCUT2D eigenvalue weighted by Crippen LogP contribution is 2.15. The molecule has 4 heteroatoms. The lowest BCUT2D eigenvalue weighted by molar-refractivity contribution is -0.142. The maximum Gasteiger partial charge on any atom is 0.331 e. The minimum Gasteiger partial charge on any atom is -0.478 e. The third-order valence-corrected chi connectivity index (χ3v) is 2.39. The molecule has 0 saturated heterocycles. The van der Waals surface area contributed by atoms with Crippen LogP contribution < -0.4 is 0 Å². The van der Waals surface area contributed by atoms with Crippen LogP contribution in [0.5, 0.6) is 0 Å². The molecule has 0 aliphatic heterocycles. The molecule has 4 nitrogen and oxygen atoms in total. The molecule has 0 aromatic carbocycles. The molecule has 0 atom stereocenters.